The van der Waals surface area contributed by atoms with Crippen LogP contribution in [0.15, 0.2) is 18.2 Å². The monoisotopic (exact) mass is 313 g/mol. The van der Waals surface area contributed by atoms with E-state index in [0.29, 0.717) is 12.2 Å². The molecule has 1 heterocycles. The van der Waals surface area contributed by atoms with Crippen LogP contribution < -0.4 is 10.1 Å². The summed E-state index contributed by atoms with van der Waals surface area (Å²) in [6.45, 7) is 2.75. The van der Waals surface area contributed by atoms with Crippen LogP contribution in [0.25, 0.3) is 0 Å². The second-order valence-corrected chi connectivity index (χ2v) is 4.50. The number of hydrogen-bond donors (Lipinski definition) is 1. The normalized spacial score (nSPS) is 10.6. The van der Waals surface area contributed by atoms with Crippen molar-refractivity contribution in [2.45, 2.75) is 20.5 Å². The molecule has 0 aliphatic carbocycles. The van der Waals surface area contributed by atoms with Gasteiger partial charge in [0.1, 0.15) is 6.67 Å². The van der Waals surface area contributed by atoms with E-state index < -0.39 is 30.1 Å². The first-order chi connectivity index (χ1) is 10.5. The summed E-state index contributed by atoms with van der Waals surface area (Å²) in [5.41, 5.74) is 0.300. The van der Waals surface area contributed by atoms with Crippen molar-refractivity contribution in [3.8, 4) is 11.6 Å². The van der Waals surface area contributed by atoms with E-state index in [1.807, 2.05) is 0 Å². The molecule has 0 aliphatic rings. The second kappa shape index (κ2) is 6.50. The summed E-state index contributed by atoms with van der Waals surface area (Å²) in [6, 6.07) is 2.55. The van der Waals surface area contributed by atoms with Crippen molar-refractivity contribution in [3.63, 3.8) is 0 Å². The summed E-state index contributed by atoms with van der Waals surface area (Å²) in [7, 11) is 0. The maximum Gasteiger partial charge on any atom is 0.342 e. The smallest absolute Gasteiger partial charge is 0.342 e. The van der Waals surface area contributed by atoms with Crippen LogP contribution in [0, 0.1) is 18.6 Å². The highest BCUT2D eigenvalue weighted by Gasteiger charge is 2.17. The zero-order valence-electron chi connectivity index (χ0n) is 12.0. The molecule has 0 saturated heterocycles. The van der Waals surface area contributed by atoms with Crippen molar-refractivity contribution in [1.29, 1.82) is 0 Å². The lowest BCUT2D eigenvalue weighted by Gasteiger charge is -2.06. The molecule has 0 radical (unpaired) electrons. The fourth-order valence-electron chi connectivity index (χ4n) is 1.82. The van der Waals surface area contributed by atoms with Crippen molar-refractivity contribution in [2.24, 2.45) is 0 Å². The van der Waals surface area contributed by atoms with Crippen LogP contribution in [0.3, 0.4) is 0 Å². The van der Waals surface area contributed by atoms with E-state index in [0.717, 1.165) is 16.8 Å². The molecule has 8 heteroatoms. The standard InChI is InChI=1S/C14H14F3N3O2/c1-3-18-14(21)20-8(2)4-12(19-20)22-13-10(16)5-9(7-15)6-11(13)17/h4-6H,3,7H2,1-2H3,(H,18,21). The largest absolute Gasteiger partial charge is 0.431 e. The zero-order valence-corrected chi connectivity index (χ0v) is 12.0. The number of aryl methyl sites for hydroxylation is 1. The van der Waals surface area contributed by atoms with Crippen LogP contribution in [0.2, 0.25) is 0 Å². The molecule has 1 aromatic carbocycles. The van der Waals surface area contributed by atoms with Gasteiger partial charge in [0.25, 0.3) is 0 Å². The Morgan fingerprint density at radius 2 is 1.95 bits per heavy atom. The summed E-state index contributed by atoms with van der Waals surface area (Å²) in [5, 5.41) is 6.36. The molecular weight excluding hydrogens is 299 g/mol. The molecular formula is C14H14F3N3O2. The third kappa shape index (κ3) is 3.21. The van der Waals surface area contributed by atoms with Gasteiger partial charge in [-0.1, -0.05) is 0 Å². The van der Waals surface area contributed by atoms with Gasteiger partial charge in [-0.2, -0.15) is 4.68 Å². The number of carbonyl (C=O) groups is 1. The maximum atomic E-state index is 13.7. The first-order valence-corrected chi connectivity index (χ1v) is 6.52. The molecule has 1 amide bonds. The molecule has 0 atom stereocenters. The average molecular weight is 313 g/mol. The number of rotatable bonds is 4. The average Bonchev–Trinajstić information content (AvgIpc) is 2.83. The van der Waals surface area contributed by atoms with Gasteiger partial charge in [-0.25, -0.2) is 18.0 Å². The summed E-state index contributed by atoms with van der Waals surface area (Å²) in [4.78, 5) is 11.7. The van der Waals surface area contributed by atoms with E-state index in [2.05, 4.69) is 10.4 Å². The van der Waals surface area contributed by atoms with Crippen molar-refractivity contribution < 1.29 is 22.7 Å². The molecule has 0 bridgehead atoms. The highest BCUT2D eigenvalue weighted by atomic mass is 19.1. The number of halogens is 3. The van der Waals surface area contributed by atoms with Gasteiger partial charge in [-0.15, -0.1) is 5.10 Å². The molecule has 1 aromatic heterocycles. The maximum absolute atomic E-state index is 13.7. The van der Waals surface area contributed by atoms with Crippen molar-refractivity contribution in [3.05, 3.63) is 41.1 Å². The third-order valence-corrected chi connectivity index (χ3v) is 2.80. The van der Waals surface area contributed by atoms with E-state index in [1.54, 1.807) is 13.8 Å². The van der Waals surface area contributed by atoms with Crippen LogP contribution in [0.4, 0.5) is 18.0 Å². The van der Waals surface area contributed by atoms with Gasteiger partial charge in [0.2, 0.25) is 11.6 Å². The fourth-order valence-corrected chi connectivity index (χ4v) is 1.82. The van der Waals surface area contributed by atoms with E-state index in [9.17, 15) is 18.0 Å². The molecule has 0 unspecified atom stereocenters. The van der Waals surface area contributed by atoms with E-state index >= 15 is 0 Å². The lowest BCUT2D eigenvalue weighted by Crippen LogP contribution is -2.29. The molecule has 2 rings (SSSR count). The van der Waals surface area contributed by atoms with Crippen LogP contribution in [0.5, 0.6) is 11.6 Å². The SMILES string of the molecule is CCNC(=O)n1nc(Oc2c(F)cc(CF)cc2F)cc1C. The van der Waals surface area contributed by atoms with Crippen molar-refractivity contribution in [2.75, 3.05) is 6.54 Å². The molecule has 118 valence electrons. The molecule has 0 saturated carbocycles. The Labute approximate surface area is 124 Å². The molecule has 5 nitrogen and oxygen atoms in total. The highest BCUT2D eigenvalue weighted by Crippen LogP contribution is 2.28. The van der Waals surface area contributed by atoms with E-state index in [4.69, 9.17) is 4.74 Å². The second-order valence-electron chi connectivity index (χ2n) is 4.50. The van der Waals surface area contributed by atoms with Crippen LogP contribution in [-0.4, -0.2) is 22.4 Å². The Morgan fingerprint density at radius 1 is 1.32 bits per heavy atom. The van der Waals surface area contributed by atoms with Crippen LogP contribution >= 0.6 is 0 Å². The number of nitrogens with zero attached hydrogens (tertiary/aromatic N) is 2. The number of benzene rings is 1. The predicted octanol–water partition coefficient (Wildman–Crippen LogP) is 3.31. The quantitative estimate of drug-likeness (QED) is 0.942. The van der Waals surface area contributed by atoms with Gasteiger partial charge >= 0.3 is 6.03 Å². The van der Waals surface area contributed by atoms with Gasteiger partial charge in [-0.05, 0) is 31.5 Å². The Hall–Kier alpha value is -2.51. The predicted molar refractivity (Wildman–Crippen MR) is 72.7 cm³/mol. The van der Waals surface area contributed by atoms with Crippen LogP contribution in [-0.2, 0) is 6.67 Å². The Morgan fingerprint density at radius 3 is 2.50 bits per heavy atom. The van der Waals surface area contributed by atoms with Crippen molar-refractivity contribution >= 4 is 6.03 Å². The Balaban J connectivity index is 2.29. The Kier molecular flexibility index (Phi) is 4.69. The Bertz CT molecular complexity index is 678. The number of carbonyl (C=O) groups excluding carboxylic acids is 1. The fraction of sp³-hybridized carbons (Fsp3) is 0.286. The summed E-state index contributed by atoms with van der Waals surface area (Å²) in [6.07, 6.45) is 0. The number of hydrogen-bond acceptors (Lipinski definition) is 3. The molecule has 0 spiro atoms. The number of nitrogens with one attached hydrogen (secondary N) is 1. The van der Waals surface area contributed by atoms with E-state index in [1.165, 1.54) is 6.07 Å². The van der Waals surface area contributed by atoms with Gasteiger partial charge < -0.3 is 10.1 Å². The molecule has 1 N–H and O–H groups in total. The first-order valence-electron chi connectivity index (χ1n) is 6.52. The summed E-state index contributed by atoms with van der Waals surface area (Å²) in [5.74, 6) is -2.93. The number of ether oxygens (including phenoxy) is 1. The van der Waals surface area contributed by atoms with Gasteiger partial charge in [0.05, 0.1) is 5.69 Å². The molecule has 22 heavy (non-hydrogen) atoms. The number of aromatic nitrogens is 2. The number of alkyl halides is 1. The zero-order chi connectivity index (χ0) is 16.3. The first kappa shape index (κ1) is 15.9. The minimum Gasteiger partial charge on any atom is -0.431 e. The van der Waals surface area contributed by atoms with Crippen molar-refractivity contribution in [1.82, 2.24) is 15.1 Å². The topological polar surface area (TPSA) is 56.2 Å². The summed E-state index contributed by atoms with van der Waals surface area (Å²) >= 11 is 0. The molecule has 0 aliphatic heterocycles. The van der Waals surface area contributed by atoms with Gasteiger partial charge in [0.15, 0.2) is 11.6 Å². The molecule has 0 fully saturated rings. The third-order valence-electron chi connectivity index (χ3n) is 2.80. The minimum atomic E-state index is -1.04. The van der Waals surface area contributed by atoms with Gasteiger partial charge in [0, 0.05) is 12.6 Å². The number of amides is 1. The van der Waals surface area contributed by atoms with Crippen LogP contribution in [0.1, 0.15) is 18.2 Å². The minimum absolute atomic E-state index is 0.133. The van der Waals surface area contributed by atoms with E-state index in [-0.39, 0.29) is 11.4 Å². The highest BCUT2D eigenvalue weighted by molar-refractivity contribution is 5.76. The summed E-state index contributed by atoms with van der Waals surface area (Å²) < 4.78 is 45.9. The van der Waals surface area contributed by atoms with Gasteiger partial charge in [-0.3, -0.25) is 0 Å². The lowest BCUT2D eigenvalue weighted by atomic mass is 10.2. The lowest BCUT2D eigenvalue weighted by molar-refractivity contribution is 0.239. The molecule has 2 aromatic rings.